The van der Waals surface area contributed by atoms with E-state index in [0.29, 0.717) is 12.3 Å². The number of amides is 1. The molecule has 0 spiro atoms. The molecule has 1 amide bonds. The molecule has 2 unspecified atom stereocenters. The lowest BCUT2D eigenvalue weighted by Gasteiger charge is -2.23. The highest BCUT2D eigenvalue weighted by atomic mass is 32.1. The number of benzene rings is 1. The fourth-order valence-corrected chi connectivity index (χ4v) is 3.45. The van der Waals surface area contributed by atoms with Crippen LogP contribution in [0.4, 0.5) is 0 Å². The van der Waals surface area contributed by atoms with E-state index < -0.39 is 0 Å². The predicted molar refractivity (Wildman–Crippen MR) is 93.0 cm³/mol. The zero-order chi connectivity index (χ0) is 15.2. The maximum absolute atomic E-state index is 12.4. The maximum Gasteiger partial charge on any atom is 0.233 e. The van der Waals surface area contributed by atoms with Gasteiger partial charge in [0.25, 0.3) is 0 Å². The van der Waals surface area contributed by atoms with Gasteiger partial charge in [0.2, 0.25) is 5.91 Å². The number of hydrogen-bond acceptors (Lipinski definition) is 3. The second kappa shape index (κ2) is 7.66. The van der Waals surface area contributed by atoms with Crippen LogP contribution in [0.2, 0.25) is 0 Å². The van der Waals surface area contributed by atoms with Gasteiger partial charge in [-0.15, -0.1) is 11.3 Å². The van der Waals surface area contributed by atoms with Crippen molar-refractivity contribution in [3.63, 3.8) is 0 Å². The Morgan fingerprint density at radius 2 is 1.90 bits per heavy atom. The highest BCUT2D eigenvalue weighted by Gasteiger charge is 2.22. The van der Waals surface area contributed by atoms with Crippen LogP contribution in [0.3, 0.4) is 0 Å². The maximum atomic E-state index is 12.4. The van der Waals surface area contributed by atoms with Crippen molar-refractivity contribution < 1.29 is 4.79 Å². The summed E-state index contributed by atoms with van der Waals surface area (Å²) in [5.74, 6) is 0.346. The summed E-state index contributed by atoms with van der Waals surface area (Å²) < 4.78 is 0. The Balaban J connectivity index is 1.99. The van der Waals surface area contributed by atoms with Gasteiger partial charge >= 0.3 is 0 Å². The third-order valence-corrected chi connectivity index (χ3v) is 4.76. The lowest BCUT2D eigenvalue weighted by Crippen LogP contribution is -2.37. The molecule has 0 aliphatic rings. The van der Waals surface area contributed by atoms with Crippen LogP contribution in [0.25, 0.3) is 0 Å². The van der Waals surface area contributed by atoms with Gasteiger partial charge in [-0.2, -0.15) is 12.6 Å². The number of hydrogen-bond donors (Lipinski definition) is 2. The lowest BCUT2D eigenvalue weighted by atomic mass is 10.0. The van der Waals surface area contributed by atoms with Crippen molar-refractivity contribution in [1.29, 1.82) is 0 Å². The van der Waals surface area contributed by atoms with E-state index in [1.165, 1.54) is 4.88 Å². The van der Waals surface area contributed by atoms with E-state index in [1.54, 1.807) is 11.3 Å². The van der Waals surface area contributed by atoms with Crippen LogP contribution in [-0.4, -0.2) is 11.2 Å². The molecule has 0 saturated carbocycles. The molecule has 0 aliphatic carbocycles. The summed E-state index contributed by atoms with van der Waals surface area (Å²) in [6, 6.07) is 14.1. The molecule has 2 rings (SSSR count). The van der Waals surface area contributed by atoms with Crippen LogP contribution in [-0.2, 0) is 11.2 Å². The van der Waals surface area contributed by atoms with E-state index >= 15 is 0 Å². The highest BCUT2D eigenvalue weighted by molar-refractivity contribution is 7.81. The summed E-state index contributed by atoms with van der Waals surface area (Å²) in [6.45, 7) is 4.24. The standard InChI is InChI=1S/C17H21NOS2/c1-12(2)16(15-9-6-10-21-15)18-17(19)14(20)11-13-7-4-3-5-8-13/h3-10,12,14,16,20H,11H2,1-2H3,(H,18,19). The Labute approximate surface area is 136 Å². The number of carbonyl (C=O) groups is 1. The molecular weight excluding hydrogens is 298 g/mol. The normalized spacial score (nSPS) is 13.9. The minimum Gasteiger partial charge on any atom is -0.347 e. The van der Waals surface area contributed by atoms with Crippen molar-refractivity contribution in [3.05, 3.63) is 58.3 Å². The minimum absolute atomic E-state index is 0.00529. The third kappa shape index (κ3) is 4.61. The monoisotopic (exact) mass is 319 g/mol. The second-order valence-electron chi connectivity index (χ2n) is 5.45. The molecule has 1 aromatic heterocycles. The van der Waals surface area contributed by atoms with Crippen molar-refractivity contribution in [3.8, 4) is 0 Å². The van der Waals surface area contributed by atoms with Crippen LogP contribution >= 0.6 is 24.0 Å². The molecule has 2 aromatic rings. The number of carbonyl (C=O) groups excluding carboxylic acids is 1. The molecule has 1 heterocycles. The van der Waals surface area contributed by atoms with Crippen LogP contribution in [0.15, 0.2) is 47.8 Å². The van der Waals surface area contributed by atoms with Gasteiger partial charge in [0.15, 0.2) is 0 Å². The first-order valence-electron chi connectivity index (χ1n) is 7.13. The Morgan fingerprint density at radius 3 is 2.48 bits per heavy atom. The number of rotatable bonds is 6. The zero-order valence-electron chi connectivity index (χ0n) is 12.3. The number of nitrogens with one attached hydrogen (secondary N) is 1. The molecule has 2 nitrogen and oxygen atoms in total. The average Bonchev–Trinajstić information content (AvgIpc) is 2.99. The van der Waals surface area contributed by atoms with Crippen LogP contribution in [0.5, 0.6) is 0 Å². The summed E-state index contributed by atoms with van der Waals surface area (Å²) in [4.78, 5) is 13.6. The Kier molecular flexibility index (Phi) is 5.88. The molecule has 0 bridgehead atoms. The zero-order valence-corrected chi connectivity index (χ0v) is 14.0. The van der Waals surface area contributed by atoms with Crippen LogP contribution < -0.4 is 5.32 Å². The molecule has 0 saturated heterocycles. The molecule has 112 valence electrons. The first kappa shape index (κ1) is 16.1. The van der Waals surface area contributed by atoms with Crippen molar-refractivity contribution in [1.82, 2.24) is 5.32 Å². The molecule has 0 aliphatic heterocycles. The van der Waals surface area contributed by atoms with Gasteiger partial charge in [-0.1, -0.05) is 50.2 Å². The Morgan fingerprint density at radius 1 is 1.19 bits per heavy atom. The quantitative estimate of drug-likeness (QED) is 0.771. The van der Waals surface area contributed by atoms with Crippen molar-refractivity contribution in [2.24, 2.45) is 5.92 Å². The molecular formula is C17H21NOS2. The molecule has 0 fully saturated rings. The fourth-order valence-electron chi connectivity index (χ4n) is 2.21. The summed E-state index contributed by atoms with van der Waals surface area (Å²) >= 11 is 6.15. The molecule has 4 heteroatoms. The summed E-state index contributed by atoms with van der Waals surface area (Å²) in [6.07, 6.45) is 0.644. The van der Waals surface area contributed by atoms with Gasteiger partial charge in [0.05, 0.1) is 11.3 Å². The lowest BCUT2D eigenvalue weighted by molar-refractivity contribution is -0.121. The Bertz CT molecular complexity index is 551. The van der Waals surface area contributed by atoms with Crippen LogP contribution in [0, 0.1) is 5.92 Å². The van der Waals surface area contributed by atoms with Gasteiger partial charge in [0, 0.05) is 4.88 Å². The average molecular weight is 319 g/mol. The number of thiophene rings is 1. The smallest absolute Gasteiger partial charge is 0.233 e. The predicted octanol–water partition coefficient (Wildman–Crippen LogP) is 4.10. The molecule has 1 aromatic carbocycles. The third-order valence-electron chi connectivity index (χ3n) is 3.39. The van der Waals surface area contributed by atoms with E-state index in [9.17, 15) is 4.79 Å². The largest absolute Gasteiger partial charge is 0.347 e. The highest BCUT2D eigenvalue weighted by Crippen LogP contribution is 2.26. The molecule has 2 atom stereocenters. The Hall–Kier alpha value is -1.26. The van der Waals surface area contributed by atoms with E-state index in [2.05, 4.69) is 37.9 Å². The van der Waals surface area contributed by atoms with E-state index in [0.717, 1.165) is 5.56 Å². The summed E-state index contributed by atoms with van der Waals surface area (Å²) in [7, 11) is 0. The molecule has 0 radical (unpaired) electrons. The summed E-state index contributed by atoms with van der Waals surface area (Å²) in [5, 5.41) is 4.85. The topological polar surface area (TPSA) is 29.1 Å². The van der Waals surface area contributed by atoms with Gasteiger partial charge in [-0.3, -0.25) is 4.79 Å². The van der Waals surface area contributed by atoms with Gasteiger partial charge < -0.3 is 5.32 Å². The minimum atomic E-state index is -0.325. The van der Waals surface area contributed by atoms with E-state index in [4.69, 9.17) is 0 Å². The summed E-state index contributed by atoms with van der Waals surface area (Å²) in [5.41, 5.74) is 1.13. The first-order valence-corrected chi connectivity index (χ1v) is 8.53. The first-order chi connectivity index (χ1) is 10.1. The number of thiol groups is 1. The van der Waals surface area contributed by atoms with Crippen molar-refractivity contribution >= 4 is 29.9 Å². The fraction of sp³-hybridized carbons (Fsp3) is 0.353. The van der Waals surface area contributed by atoms with Gasteiger partial charge in [0.1, 0.15) is 0 Å². The van der Waals surface area contributed by atoms with Gasteiger partial charge in [-0.05, 0) is 29.3 Å². The van der Waals surface area contributed by atoms with Crippen LogP contribution in [0.1, 0.15) is 30.3 Å². The van der Waals surface area contributed by atoms with E-state index in [-0.39, 0.29) is 17.2 Å². The van der Waals surface area contributed by atoms with Crippen molar-refractivity contribution in [2.75, 3.05) is 0 Å². The van der Waals surface area contributed by atoms with E-state index in [1.807, 2.05) is 41.8 Å². The second-order valence-corrected chi connectivity index (χ2v) is 7.05. The van der Waals surface area contributed by atoms with Gasteiger partial charge in [-0.25, -0.2) is 0 Å². The molecule has 21 heavy (non-hydrogen) atoms. The molecule has 1 N–H and O–H groups in total. The van der Waals surface area contributed by atoms with Crippen molar-refractivity contribution in [2.45, 2.75) is 31.6 Å². The SMILES string of the molecule is CC(C)C(NC(=O)C(S)Cc1ccccc1)c1cccs1.